The molecule has 1 aromatic carbocycles. The normalized spacial score (nSPS) is 13.8. The maximum atomic E-state index is 12.8. The molecular weight excluding hydrogens is 331 g/mol. The van der Waals surface area contributed by atoms with Gasteiger partial charge < -0.3 is 20.4 Å². The van der Waals surface area contributed by atoms with Gasteiger partial charge in [-0.2, -0.15) is 13.2 Å². The number of hydrogen-bond donors (Lipinski definition) is 3. The summed E-state index contributed by atoms with van der Waals surface area (Å²) in [5.41, 5.74) is 6.08. The van der Waals surface area contributed by atoms with E-state index >= 15 is 0 Å². The number of carboxylic acid groups (broad SMARTS) is 2. The van der Waals surface area contributed by atoms with Crippen molar-refractivity contribution in [3.8, 4) is 0 Å². The fraction of sp³-hybridized carbons (Fsp3) is 0.333. The van der Waals surface area contributed by atoms with Crippen molar-refractivity contribution in [1.29, 1.82) is 0 Å². The van der Waals surface area contributed by atoms with Gasteiger partial charge >= 0.3 is 18.1 Å². The summed E-state index contributed by atoms with van der Waals surface area (Å²) >= 11 is 0. The van der Waals surface area contributed by atoms with Crippen molar-refractivity contribution in [1.82, 2.24) is 0 Å². The van der Waals surface area contributed by atoms with Crippen molar-refractivity contribution >= 4 is 22.9 Å². The van der Waals surface area contributed by atoms with Gasteiger partial charge in [-0.3, -0.25) is 0 Å². The number of carbonyl (C=O) groups is 2. The summed E-state index contributed by atoms with van der Waals surface area (Å²) < 4.78 is 43.7. The Morgan fingerprint density at radius 3 is 2.12 bits per heavy atom. The van der Waals surface area contributed by atoms with E-state index in [1.54, 1.807) is 13.8 Å². The number of fused-ring (bicyclic) bond motifs is 1. The van der Waals surface area contributed by atoms with E-state index in [0.29, 0.717) is 16.5 Å². The number of hydrogen-bond acceptors (Lipinski definition) is 4. The highest BCUT2D eigenvalue weighted by molar-refractivity contribution is 6.27. The van der Waals surface area contributed by atoms with Crippen LogP contribution in [0.2, 0.25) is 0 Å². The maximum Gasteiger partial charge on any atom is 0.416 e. The molecule has 132 valence electrons. The Balaban J connectivity index is 0.000000413. The van der Waals surface area contributed by atoms with E-state index in [1.807, 2.05) is 0 Å². The SMILES string of the molecule is CC(N)C(C)c1cc(C(F)(F)F)cc2ccoc12.O=C(O)C(=O)O. The van der Waals surface area contributed by atoms with E-state index in [1.165, 1.54) is 12.3 Å². The molecule has 0 aliphatic rings. The van der Waals surface area contributed by atoms with Crippen molar-refractivity contribution < 1.29 is 37.4 Å². The lowest BCUT2D eigenvalue weighted by Crippen LogP contribution is -2.23. The third-order valence-corrected chi connectivity index (χ3v) is 3.37. The predicted molar refractivity (Wildman–Crippen MR) is 78.6 cm³/mol. The largest absolute Gasteiger partial charge is 0.473 e. The summed E-state index contributed by atoms with van der Waals surface area (Å²) in [6.07, 6.45) is -2.97. The summed E-state index contributed by atoms with van der Waals surface area (Å²) in [7, 11) is 0. The van der Waals surface area contributed by atoms with Crippen LogP contribution in [-0.4, -0.2) is 28.2 Å². The molecule has 1 aromatic heterocycles. The average molecular weight is 347 g/mol. The zero-order valence-corrected chi connectivity index (χ0v) is 12.8. The zero-order valence-electron chi connectivity index (χ0n) is 12.8. The second kappa shape index (κ2) is 7.35. The van der Waals surface area contributed by atoms with E-state index in [2.05, 4.69) is 0 Å². The summed E-state index contributed by atoms with van der Waals surface area (Å²) in [6, 6.07) is 3.50. The van der Waals surface area contributed by atoms with Gasteiger partial charge in [-0.05, 0) is 31.0 Å². The molecule has 0 saturated carbocycles. The molecule has 0 radical (unpaired) electrons. The topological polar surface area (TPSA) is 114 Å². The number of nitrogens with two attached hydrogens (primary N) is 1. The van der Waals surface area contributed by atoms with E-state index in [0.717, 1.165) is 12.1 Å². The molecule has 0 aliphatic carbocycles. The van der Waals surface area contributed by atoms with Crippen LogP contribution in [0.25, 0.3) is 11.0 Å². The minimum Gasteiger partial charge on any atom is -0.473 e. The van der Waals surface area contributed by atoms with Gasteiger partial charge in [0.1, 0.15) is 5.58 Å². The summed E-state index contributed by atoms with van der Waals surface area (Å²) in [4.78, 5) is 18.2. The van der Waals surface area contributed by atoms with Gasteiger partial charge in [-0.1, -0.05) is 6.92 Å². The van der Waals surface area contributed by atoms with Crippen molar-refractivity contribution in [2.45, 2.75) is 32.0 Å². The average Bonchev–Trinajstić information content (AvgIpc) is 2.93. The molecule has 2 atom stereocenters. The lowest BCUT2D eigenvalue weighted by molar-refractivity contribution is -0.159. The van der Waals surface area contributed by atoms with Crippen LogP contribution < -0.4 is 5.73 Å². The Bertz CT molecular complexity index is 724. The molecule has 4 N–H and O–H groups in total. The molecule has 0 amide bonds. The second-order valence-electron chi connectivity index (χ2n) is 5.16. The molecule has 6 nitrogen and oxygen atoms in total. The molecule has 0 saturated heterocycles. The zero-order chi connectivity index (χ0) is 18.7. The van der Waals surface area contributed by atoms with E-state index < -0.39 is 23.7 Å². The van der Waals surface area contributed by atoms with Crippen molar-refractivity contribution in [2.24, 2.45) is 5.73 Å². The van der Waals surface area contributed by atoms with Gasteiger partial charge in [0.05, 0.1) is 11.8 Å². The molecule has 0 bridgehead atoms. The van der Waals surface area contributed by atoms with Crippen LogP contribution in [0.15, 0.2) is 28.9 Å². The molecule has 0 aliphatic heterocycles. The first-order chi connectivity index (χ1) is 10.9. The van der Waals surface area contributed by atoms with Crippen LogP contribution in [-0.2, 0) is 15.8 Å². The first-order valence-corrected chi connectivity index (χ1v) is 6.75. The van der Waals surface area contributed by atoms with Crippen LogP contribution in [0.4, 0.5) is 13.2 Å². The molecular formula is C15H16F3NO5. The quantitative estimate of drug-likeness (QED) is 0.720. The third-order valence-electron chi connectivity index (χ3n) is 3.37. The Morgan fingerprint density at radius 1 is 1.17 bits per heavy atom. The lowest BCUT2D eigenvalue weighted by atomic mass is 9.92. The van der Waals surface area contributed by atoms with Gasteiger partial charge in [-0.25, -0.2) is 9.59 Å². The van der Waals surface area contributed by atoms with E-state index in [-0.39, 0.29) is 12.0 Å². The van der Waals surface area contributed by atoms with Crippen LogP contribution in [0.5, 0.6) is 0 Å². The van der Waals surface area contributed by atoms with Crippen molar-refractivity contribution in [2.75, 3.05) is 0 Å². The molecule has 2 unspecified atom stereocenters. The first-order valence-electron chi connectivity index (χ1n) is 6.75. The Kier molecular flexibility index (Phi) is 5.97. The van der Waals surface area contributed by atoms with Gasteiger partial charge in [-0.15, -0.1) is 0 Å². The second-order valence-corrected chi connectivity index (χ2v) is 5.16. The van der Waals surface area contributed by atoms with Crippen molar-refractivity contribution in [3.05, 3.63) is 35.6 Å². The lowest BCUT2D eigenvalue weighted by Gasteiger charge is -2.18. The predicted octanol–water partition coefficient (Wildman–Crippen LogP) is 3.06. The Labute approximate surface area is 134 Å². The number of benzene rings is 1. The summed E-state index contributed by atoms with van der Waals surface area (Å²) in [5.74, 6) is -3.86. The van der Waals surface area contributed by atoms with Crippen LogP contribution >= 0.6 is 0 Å². The number of aliphatic carboxylic acids is 2. The molecule has 1 heterocycles. The number of rotatable bonds is 2. The van der Waals surface area contributed by atoms with Crippen LogP contribution in [0.1, 0.15) is 30.9 Å². The molecule has 0 spiro atoms. The minimum absolute atomic E-state index is 0.207. The maximum absolute atomic E-state index is 12.8. The highest BCUT2D eigenvalue weighted by Crippen LogP contribution is 2.36. The third kappa shape index (κ3) is 4.72. The van der Waals surface area contributed by atoms with Crippen molar-refractivity contribution in [3.63, 3.8) is 0 Å². The van der Waals surface area contributed by atoms with Crippen LogP contribution in [0, 0.1) is 0 Å². The fourth-order valence-electron chi connectivity index (χ4n) is 1.89. The minimum atomic E-state index is -4.36. The highest BCUT2D eigenvalue weighted by Gasteiger charge is 2.32. The standard InChI is InChI=1S/C13H14F3NO.C2H2O4/c1-7(8(2)17)11-6-10(13(14,15)16)5-9-3-4-18-12(9)11;3-1(4)2(5)6/h3-8H,17H2,1-2H3;(H,3,4)(H,5,6). The number of halogens is 3. The molecule has 2 rings (SSSR count). The van der Waals surface area contributed by atoms with E-state index in [4.69, 9.17) is 30.0 Å². The van der Waals surface area contributed by atoms with Gasteiger partial charge in [0.15, 0.2) is 0 Å². The highest BCUT2D eigenvalue weighted by atomic mass is 19.4. The van der Waals surface area contributed by atoms with E-state index in [9.17, 15) is 13.2 Å². The van der Waals surface area contributed by atoms with Gasteiger partial charge in [0.2, 0.25) is 0 Å². The van der Waals surface area contributed by atoms with Gasteiger partial charge in [0.25, 0.3) is 0 Å². The number of carboxylic acids is 2. The fourth-order valence-corrected chi connectivity index (χ4v) is 1.89. The summed E-state index contributed by atoms with van der Waals surface area (Å²) in [5, 5.41) is 15.2. The first kappa shape index (κ1) is 19.5. The number of furan rings is 1. The molecule has 2 aromatic rings. The van der Waals surface area contributed by atoms with Crippen LogP contribution in [0.3, 0.4) is 0 Å². The molecule has 0 fully saturated rings. The number of alkyl halides is 3. The Hall–Kier alpha value is -2.55. The monoisotopic (exact) mass is 347 g/mol. The summed E-state index contributed by atoms with van der Waals surface area (Å²) in [6.45, 7) is 3.56. The molecule has 9 heteroatoms. The Morgan fingerprint density at radius 2 is 1.71 bits per heavy atom. The van der Waals surface area contributed by atoms with Gasteiger partial charge in [0, 0.05) is 17.0 Å². The molecule has 24 heavy (non-hydrogen) atoms. The smallest absolute Gasteiger partial charge is 0.416 e.